The Balaban J connectivity index is 1.33. The number of phosphoric acid groups is 1. The van der Waals surface area contributed by atoms with Crippen molar-refractivity contribution in [2.75, 3.05) is 13.2 Å². The molecule has 1 unspecified atom stereocenters. The molecular formula is C28H31O7P. The van der Waals surface area contributed by atoms with Crippen LogP contribution in [-0.2, 0) is 41.0 Å². The van der Waals surface area contributed by atoms with Crippen LogP contribution in [0.25, 0.3) is 0 Å². The van der Waals surface area contributed by atoms with E-state index in [0.29, 0.717) is 31.8 Å². The molecule has 2 aliphatic rings. The van der Waals surface area contributed by atoms with Crippen molar-refractivity contribution < 1.29 is 32.3 Å². The lowest BCUT2D eigenvalue weighted by Crippen LogP contribution is -2.51. The van der Waals surface area contributed by atoms with E-state index in [1.165, 1.54) is 0 Å². The molecule has 1 saturated heterocycles. The molecule has 0 radical (unpaired) electrons. The minimum absolute atomic E-state index is 0.0956. The summed E-state index contributed by atoms with van der Waals surface area (Å²) in [5, 5.41) is 0. The molecule has 190 valence electrons. The Kier molecular flexibility index (Phi) is 8.49. The normalized spacial score (nSPS) is 28.4. The first-order chi connectivity index (χ1) is 17.7. The van der Waals surface area contributed by atoms with Crippen LogP contribution in [0.4, 0.5) is 0 Å². The predicted octanol–water partition coefficient (Wildman–Crippen LogP) is 5.94. The monoisotopic (exact) mass is 510 g/mol. The largest absolute Gasteiger partial charge is 0.530 e. The number of phosphoric ester groups is 1. The van der Waals surface area contributed by atoms with Crippen LogP contribution in [-0.4, -0.2) is 37.6 Å². The van der Waals surface area contributed by atoms with Crippen LogP contribution in [0.1, 0.15) is 24.0 Å². The zero-order chi connectivity index (χ0) is 24.6. The zero-order valence-electron chi connectivity index (χ0n) is 20.0. The van der Waals surface area contributed by atoms with Crippen LogP contribution in [0.15, 0.2) is 91.0 Å². The van der Waals surface area contributed by atoms with Crippen molar-refractivity contribution in [1.29, 1.82) is 0 Å². The average Bonchev–Trinajstić information content (AvgIpc) is 2.91. The number of fused-ring (bicyclic) bond motifs is 1. The Labute approximate surface area is 211 Å². The van der Waals surface area contributed by atoms with Crippen LogP contribution in [0, 0.1) is 0 Å². The van der Waals surface area contributed by atoms with Gasteiger partial charge < -0.3 is 18.7 Å². The summed E-state index contributed by atoms with van der Waals surface area (Å²) in [6, 6.07) is 28.9. The number of hydrogen-bond donors (Lipinski definition) is 0. The third-order valence-electron chi connectivity index (χ3n) is 6.23. The van der Waals surface area contributed by atoms with E-state index in [4.69, 9.17) is 27.8 Å². The van der Waals surface area contributed by atoms with E-state index in [1.54, 1.807) is 24.3 Å². The molecule has 2 fully saturated rings. The standard InChI is InChI=1S/C28H31O7P/c29-36(34-24-14-8-3-9-15-24)33-17-16-30-26-18-25(31-20-22-10-4-1-5-11-22)19-27(28(26)35-36)32-21-23-12-6-2-7-13-23/h1-15,25-28H,16-21H2/t25-,26+,27+,28-,36?/m0/s1. The lowest BCUT2D eigenvalue weighted by atomic mass is 9.89. The first-order valence-corrected chi connectivity index (χ1v) is 13.7. The summed E-state index contributed by atoms with van der Waals surface area (Å²) >= 11 is 0. The third kappa shape index (κ3) is 6.83. The first kappa shape index (κ1) is 25.2. The molecule has 0 spiro atoms. The molecule has 0 aromatic heterocycles. The van der Waals surface area contributed by atoms with E-state index >= 15 is 0 Å². The SMILES string of the molecule is O=P1(Oc2ccccc2)OCCO[C@@H]2C[C@H](OCc3ccccc3)C[C@@H](OCc3ccccc3)[C@H]2O1. The molecule has 5 atom stereocenters. The van der Waals surface area contributed by atoms with Gasteiger partial charge in [0.2, 0.25) is 0 Å². The summed E-state index contributed by atoms with van der Waals surface area (Å²) in [6.45, 7) is 1.24. The highest BCUT2D eigenvalue weighted by Gasteiger charge is 2.47. The molecule has 1 aliphatic carbocycles. The minimum Gasteiger partial charge on any atom is -0.404 e. The van der Waals surface area contributed by atoms with E-state index < -0.39 is 20.0 Å². The second-order valence-corrected chi connectivity index (χ2v) is 10.4. The van der Waals surface area contributed by atoms with Crippen molar-refractivity contribution in [3.05, 3.63) is 102 Å². The molecule has 1 aliphatic heterocycles. The van der Waals surface area contributed by atoms with Crippen molar-refractivity contribution in [3.8, 4) is 5.75 Å². The Morgan fingerprint density at radius 3 is 2.03 bits per heavy atom. The van der Waals surface area contributed by atoms with E-state index in [0.717, 1.165) is 11.1 Å². The summed E-state index contributed by atoms with van der Waals surface area (Å²) in [5.74, 6) is 0.417. The van der Waals surface area contributed by atoms with Gasteiger partial charge in [-0.1, -0.05) is 78.9 Å². The summed E-state index contributed by atoms with van der Waals surface area (Å²) in [7, 11) is -3.91. The van der Waals surface area contributed by atoms with E-state index in [2.05, 4.69) is 0 Å². The molecular weight excluding hydrogens is 479 g/mol. The van der Waals surface area contributed by atoms with Gasteiger partial charge in [0.05, 0.1) is 44.7 Å². The highest BCUT2D eigenvalue weighted by molar-refractivity contribution is 7.49. The maximum atomic E-state index is 13.6. The fourth-order valence-corrected chi connectivity index (χ4v) is 5.88. The summed E-state index contributed by atoms with van der Waals surface area (Å²) in [5.41, 5.74) is 2.14. The van der Waals surface area contributed by atoms with E-state index in [9.17, 15) is 4.57 Å². The first-order valence-electron chi connectivity index (χ1n) is 12.3. The fourth-order valence-electron chi connectivity index (χ4n) is 4.47. The van der Waals surface area contributed by atoms with Crippen LogP contribution >= 0.6 is 7.82 Å². The molecule has 5 rings (SSSR count). The molecule has 0 N–H and O–H groups in total. The van der Waals surface area contributed by atoms with Gasteiger partial charge in [0.15, 0.2) is 0 Å². The Morgan fingerprint density at radius 1 is 0.750 bits per heavy atom. The van der Waals surface area contributed by atoms with Gasteiger partial charge in [0, 0.05) is 12.8 Å². The smallest absolute Gasteiger partial charge is 0.404 e. The second kappa shape index (κ2) is 12.2. The fraction of sp³-hybridized carbons (Fsp3) is 0.357. The Bertz CT molecular complexity index is 1110. The quantitative estimate of drug-likeness (QED) is 0.347. The molecule has 3 aromatic carbocycles. The van der Waals surface area contributed by atoms with Gasteiger partial charge in [-0.3, -0.25) is 9.05 Å². The van der Waals surface area contributed by atoms with Crippen LogP contribution in [0.3, 0.4) is 0 Å². The Hall–Kier alpha value is -2.51. The molecule has 1 heterocycles. The summed E-state index contributed by atoms with van der Waals surface area (Å²) in [6.07, 6.45) is -0.398. The number of rotatable bonds is 8. The highest BCUT2D eigenvalue weighted by Crippen LogP contribution is 2.53. The van der Waals surface area contributed by atoms with Gasteiger partial charge in [-0.2, -0.15) is 0 Å². The molecule has 1 saturated carbocycles. The lowest BCUT2D eigenvalue weighted by molar-refractivity contribution is -0.177. The van der Waals surface area contributed by atoms with Crippen molar-refractivity contribution in [2.45, 2.75) is 50.5 Å². The van der Waals surface area contributed by atoms with Gasteiger partial charge in [0.25, 0.3) is 0 Å². The molecule has 7 nitrogen and oxygen atoms in total. The van der Waals surface area contributed by atoms with Gasteiger partial charge >= 0.3 is 7.82 Å². The van der Waals surface area contributed by atoms with Crippen LogP contribution in [0.2, 0.25) is 0 Å². The highest BCUT2D eigenvalue weighted by atomic mass is 31.2. The van der Waals surface area contributed by atoms with Gasteiger partial charge in [-0.05, 0) is 23.3 Å². The minimum atomic E-state index is -3.91. The topological polar surface area (TPSA) is 72.5 Å². The number of ether oxygens (including phenoxy) is 3. The van der Waals surface area contributed by atoms with Crippen molar-refractivity contribution in [1.82, 2.24) is 0 Å². The van der Waals surface area contributed by atoms with Crippen molar-refractivity contribution in [2.24, 2.45) is 0 Å². The van der Waals surface area contributed by atoms with E-state index in [-0.39, 0.29) is 25.4 Å². The van der Waals surface area contributed by atoms with Crippen molar-refractivity contribution in [3.63, 3.8) is 0 Å². The summed E-state index contributed by atoms with van der Waals surface area (Å²) in [4.78, 5) is 0. The maximum Gasteiger partial charge on any atom is 0.530 e. The van der Waals surface area contributed by atoms with Gasteiger partial charge in [-0.25, -0.2) is 4.57 Å². The second-order valence-electron chi connectivity index (χ2n) is 8.89. The number of para-hydroxylation sites is 1. The third-order valence-corrected chi connectivity index (χ3v) is 7.67. The molecule has 0 amide bonds. The van der Waals surface area contributed by atoms with Gasteiger partial charge in [0.1, 0.15) is 11.9 Å². The van der Waals surface area contributed by atoms with Gasteiger partial charge in [-0.15, -0.1) is 0 Å². The molecule has 3 aromatic rings. The lowest BCUT2D eigenvalue weighted by Gasteiger charge is -2.42. The molecule has 0 bridgehead atoms. The number of hydrogen-bond acceptors (Lipinski definition) is 7. The Morgan fingerprint density at radius 2 is 1.36 bits per heavy atom. The maximum absolute atomic E-state index is 13.6. The number of benzene rings is 3. The molecule has 36 heavy (non-hydrogen) atoms. The molecule has 8 heteroatoms. The van der Waals surface area contributed by atoms with Crippen LogP contribution < -0.4 is 4.52 Å². The average molecular weight is 511 g/mol. The van der Waals surface area contributed by atoms with Crippen molar-refractivity contribution >= 4 is 7.82 Å². The summed E-state index contributed by atoms with van der Waals surface area (Å²) < 4.78 is 49.8. The van der Waals surface area contributed by atoms with E-state index in [1.807, 2.05) is 66.7 Å². The van der Waals surface area contributed by atoms with Crippen LogP contribution in [0.5, 0.6) is 5.75 Å². The predicted molar refractivity (Wildman–Crippen MR) is 135 cm³/mol. The zero-order valence-corrected chi connectivity index (χ0v) is 20.9.